The van der Waals surface area contributed by atoms with E-state index in [4.69, 9.17) is 0 Å². The van der Waals surface area contributed by atoms with Crippen molar-refractivity contribution < 1.29 is 14.4 Å². The molecule has 3 rings (SSSR count). The number of hydrogen-bond donors (Lipinski definition) is 3. The van der Waals surface area contributed by atoms with Gasteiger partial charge in [-0.3, -0.25) is 14.4 Å². The predicted molar refractivity (Wildman–Crippen MR) is 126 cm³/mol. The molecule has 0 bridgehead atoms. The molecule has 1 saturated carbocycles. The van der Waals surface area contributed by atoms with Crippen molar-refractivity contribution in [1.82, 2.24) is 10.2 Å². The Balaban J connectivity index is 1.46. The summed E-state index contributed by atoms with van der Waals surface area (Å²) in [5, 5.41) is 8.69. The molecule has 0 unspecified atom stereocenters. The van der Waals surface area contributed by atoms with Gasteiger partial charge in [-0.25, -0.2) is 0 Å². The molecule has 0 atom stereocenters. The van der Waals surface area contributed by atoms with Crippen LogP contribution in [0.4, 0.5) is 11.4 Å². The Morgan fingerprint density at radius 2 is 1.47 bits per heavy atom. The Kier molecular flexibility index (Phi) is 8.39. The van der Waals surface area contributed by atoms with E-state index in [0.29, 0.717) is 36.4 Å². The van der Waals surface area contributed by atoms with E-state index in [9.17, 15) is 14.4 Å². The molecule has 0 heterocycles. The second kappa shape index (κ2) is 11.4. The molecule has 7 nitrogen and oxygen atoms in total. The summed E-state index contributed by atoms with van der Waals surface area (Å²) < 4.78 is 0. The van der Waals surface area contributed by atoms with E-state index in [1.54, 1.807) is 36.4 Å². The monoisotopic (exact) mass is 436 g/mol. The minimum absolute atomic E-state index is 0.0463. The lowest BCUT2D eigenvalue weighted by molar-refractivity contribution is -0.125. The van der Waals surface area contributed by atoms with E-state index in [0.717, 1.165) is 31.2 Å². The number of anilines is 2. The third-order valence-electron chi connectivity index (χ3n) is 5.62. The lowest BCUT2D eigenvalue weighted by Crippen LogP contribution is -2.28. The summed E-state index contributed by atoms with van der Waals surface area (Å²) in [6.45, 7) is 1.16. The standard InChI is InChI=1S/C25H32N4O3/c1-29(2)16-15-23(30)27-21-11-13-22(14-12-21)28-25(32)20-9-7-18(8-10-20)17-26-24(31)19-5-3-4-6-19/h7-14,19H,3-6,15-17H2,1-2H3,(H,26,31)(H,27,30)(H,28,32). The molecule has 3 N–H and O–H groups in total. The normalized spacial score (nSPS) is 13.7. The van der Waals surface area contributed by atoms with E-state index in [2.05, 4.69) is 16.0 Å². The quantitative estimate of drug-likeness (QED) is 0.560. The van der Waals surface area contributed by atoms with E-state index >= 15 is 0 Å². The highest BCUT2D eigenvalue weighted by Crippen LogP contribution is 2.24. The van der Waals surface area contributed by atoms with Crippen LogP contribution in [0.15, 0.2) is 48.5 Å². The van der Waals surface area contributed by atoms with Crippen molar-refractivity contribution in [2.45, 2.75) is 38.6 Å². The fraction of sp³-hybridized carbons (Fsp3) is 0.400. The average Bonchev–Trinajstić information content (AvgIpc) is 3.33. The van der Waals surface area contributed by atoms with Gasteiger partial charge < -0.3 is 20.9 Å². The van der Waals surface area contributed by atoms with Crippen LogP contribution in [0, 0.1) is 5.92 Å². The molecule has 170 valence electrons. The van der Waals surface area contributed by atoms with Crippen LogP contribution in [0.2, 0.25) is 0 Å². The molecule has 0 aromatic heterocycles. The lowest BCUT2D eigenvalue weighted by Gasteiger charge is -2.11. The first-order valence-corrected chi connectivity index (χ1v) is 11.1. The van der Waals surface area contributed by atoms with Crippen LogP contribution in [0.25, 0.3) is 0 Å². The van der Waals surface area contributed by atoms with Crippen molar-refractivity contribution in [3.63, 3.8) is 0 Å². The molecule has 32 heavy (non-hydrogen) atoms. The number of carbonyl (C=O) groups excluding carboxylic acids is 3. The zero-order valence-corrected chi connectivity index (χ0v) is 18.8. The molecule has 0 saturated heterocycles. The van der Waals surface area contributed by atoms with Crippen LogP contribution in [-0.2, 0) is 16.1 Å². The Morgan fingerprint density at radius 1 is 0.875 bits per heavy atom. The number of nitrogens with one attached hydrogen (secondary N) is 3. The maximum atomic E-state index is 12.5. The molecular formula is C25H32N4O3. The highest BCUT2D eigenvalue weighted by Gasteiger charge is 2.22. The van der Waals surface area contributed by atoms with Crippen LogP contribution in [0.3, 0.4) is 0 Å². The molecule has 0 spiro atoms. The van der Waals surface area contributed by atoms with Gasteiger partial charge in [0.15, 0.2) is 0 Å². The Morgan fingerprint density at radius 3 is 2.06 bits per heavy atom. The van der Waals surface area contributed by atoms with Crippen LogP contribution < -0.4 is 16.0 Å². The zero-order valence-electron chi connectivity index (χ0n) is 18.8. The second-order valence-electron chi connectivity index (χ2n) is 8.53. The Labute approximate surface area is 189 Å². The number of rotatable bonds is 9. The number of benzene rings is 2. The zero-order chi connectivity index (χ0) is 22.9. The fourth-order valence-electron chi connectivity index (χ4n) is 3.68. The maximum absolute atomic E-state index is 12.5. The highest BCUT2D eigenvalue weighted by atomic mass is 16.2. The molecule has 0 aliphatic heterocycles. The van der Waals surface area contributed by atoms with Crippen LogP contribution >= 0.6 is 0 Å². The van der Waals surface area contributed by atoms with E-state index < -0.39 is 0 Å². The third-order valence-corrected chi connectivity index (χ3v) is 5.62. The average molecular weight is 437 g/mol. The molecule has 3 amide bonds. The summed E-state index contributed by atoms with van der Waals surface area (Å²) >= 11 is 0. The largest absolute Gasteiger partial charge is 0.352 e. The number of carbonyl (C=O) groups is 3. The smallest absolute Gasteiger partial charge is 0.255 e. The number of amides is 3. The van der Waals surface area contributed by atoms with Crippen molar-refractivity contribution in [3.8, 4) is 0 Å². The maximum Gasteiger partial charge on any atom is 0.255 e. The SMILES string of the molecule is CN(C)CCC(=O)Nc1ccc(NC(=O)c2ccc(CNC(=O)C3CCCC3)cc2)cc1. The first-order valence-electron chi connectivity index (χ1n) is 11.1. The summed E-state index contributed by atoms with van der Waals surface area (Å²) in [5.41, 5.74) is 2.84. The van der Waals surface area contributed by atoms with Crippen molar-refractivity contribution in [3.05, 3.63) is 59.7 Å². The first kappa shape index (κ1) is 23.5. The van der Waals surface area contributed by atoms with Gasteiger partial charge in [0.25, 0.3) is 5.91 Å². The van der Waals surface area contributed by atoms with Gasteiger partial charge in [0, 0.05) is 42.4 Å². The summed E-state index contributed by atoms with van der Waals surface area (Å²) in [6.07, 6.45) is 4.65. The van der Waals surface area contributed by atoms with Gasteiger partial charge in [-0.2, -0.15) is 0 Å². The highest BCUT2D eigenvalue weighted by molar-refractivity contribution is 6.04. The summed E-state index contributed by atoms with van der Waals surface area (Å²) in [6, 6.07) is 14.3. The Bertz CT molecular complexity index is 917. The number of hydrogen-bond acceptors (Lipinski definition) is 4. The Hall–Kier alpha value is -3.19. The molecule has 1 aliphatic rings. The molecule has 7 heteroatoms. The van der Waals surface area contributed by atoms with Gasteiger partial charge >= 0.3 is 0 Å². The summed E-state index contributed by atoms with van der Waals surface area (Å²) in [5.74, 6) is 0.0174. The predicted octanol–water partition coefficient (Wildman–Crippen LogP) is 3.64. The van der Waals surface area contributed by atoms with Crippen molar-refractivity contribution in [2.75, 3.05) is 31.3 Å². The van der Waals surface area contributed by atoms with Gasteiger partial charge in [0.05, 0.1) is 0 Å². The van der Waals surface area contributed by atoms with Gasteiger partial charge in [-0.05, 0) is 68.9 Å². The molecule has 0 radical (unpaired) electrons. The summed E-state index contributed by atoms with van der Waals surface area (Å²) in [7, 11) is 3.85. The minimum Gasteiger partial charge on any atom is -0.352 e. The van der Waals surface area contributed by atoms with Crippen LogP contribution in [0.1, 0.15) is 48.0 Å². The van der Waals surface area contributed by atoms with Gasteiger partial charge in [0.1, 0.15) is 0 Å². The van der Waals surface area contributed by atoms with Gasteiger partial charge in [0.2, 0.25) is 11.8 Å². The number of nitrogens with zero attached hydrogens (tertiary/aromatic N) is 1. The van der Waals surface area contributed by atoms with E-state index in [-0.39, 0.29) is 23.6 Å². The first-order chi connectivity index (χ1) is 15.4. The van der Waals surface area contributed by atoms with E-state index in [1.807, 2.05) is 31.1 Å². The fourth-order valence-corrected chi connectivity index (χ4v) is 3.68. The van der Waals surface area contributed by atoms with Crippen LogP contribution in [-0.4, -0.2) is 43.3 Å². The van der Waals surface area contributed by atoms with E-state index in [1.165, 1.54) is 0 Å². The van der Waals surface area contributed by atoms with Crippen LogP contribution in [0.5, 0.6) is 0 Å². The van der Waals surface area contributed by atoms with Crippen molar-refractivity contribution in [2.24, 2.45) is 5.92 Å². The molecular weight excluding hydrogens is 404 g/mol. The minimum atomic E-state index is -0.214. The lowest BCUT2D eigenvalue weighted by atomic mass is 10.1. The third kappa shape index (κ3) is 7.20. The molecule has 2 aromatic carbocycles. The van der Waals surface area contributed by atoms with Gasteiger partial charge in [-0.1, -0.05) is 25.0 Å². The van der Waals surface area contributed by atoms with Gasteiger partial charge in [-0.15, -0.1) is 0 Å². The second-order valence-corrected chi connectivity index (χ2v) is 8.53. The summed E-state index contributed by atoms with van der Waals surface area (Å²) in [4.78, 5) is 38.5. The molecule has 1 aliphatic carbocycles. The van der Waals surface area contributed by atoms with Crippen molar-refractivity contribution >= 4 is 29.1 Å². The van der Waals surface area contributed by atoms with Crippen molar-refractivity contribution in [1.29, 1.82) is 0 Å². The molecule has 2 aromatic rings. The topological polar surface area (TPSA) is 90.5 Å². The molecule has 1 fully saturated rings.